The number of benzene rings is 6. The molecule has 6 aromatic rings. The molecule has 0 amide bonds. The molecule has 0 aliphatic rings. The van der Waals surface area contributed by atoms with Gasteiger partial charge in [0.15, 0.2) is 11.6 Å². The van der Waals surface area contributed by atoms with Crippen LogP contribution in [0.4, 0.5) is 0 Å². The molecule has 0 aromatic heterocycles. The monoisotopic (exact) mass is 806 g/mol. The molecule has 14 heteroatoms. The number of aromatic hydroxyl groups is 10. The molecule has 0 fully saturated rings. The number of phenolic OH excluding ortho intramolecular Hbond substituents is 10. The van der Waals surface area contributed by atoms with Crippen LogP contribution in [-0.4, -0.2) is 73.7 Å². The minimum absolute atomic E-state index is 0.0656. The second kappa shape index (κ2) is 20.7. The zero-order chi connectivity index (χ0) is 44.0. The van der Waals surface area contributed by atoms with E-state index in [0.29, 0.717) is 16.7 Å². The van der Waals surface area contributed by atoms with Gasteiger partial charge in [0.2, 0.25) is 0 Å². The van der Waals surface area contributed by atoms with Crippen molar-refractivity contribution in [3.05, 3.63) is 162 Å². The fourth-order valence-corrected chi connectivity index (χ4v) is 5.05. The Morgan fingerprint density at radius 2 is 0.847 bits per heavy atom. The van der Waals surface area contributed by atoms with E-state index in [1.54, 1.807) is 56.3 Å². The molecule has 0 saturated heterocycles. The van der Waals surface area contributed by atoms with Crippen LogP contribution in [0.3, 0.4) is 0 Å². The SMILES string of the molecule is C=C(C(=O)c1ccc(O)cc1O)c1ccc(O)cc1.CC(C(=O)O)c1ccc(O)cc1.CC(C(=O)c1c(O)cc(O)cc1O)c1ccc(O)cc1.Oc1cccc(O)c1. The highest BCUT2D eigenvalue weighted by molar-refractivity contribution is 6.29. The highest BCUT2D eigenvalue weighted by Crippen LogP contribution is 2.36. The molecular formula is C45H42O14. The predicted molar refractivity (Wildman–Crippen MR) is 217 cm³/mol. The van der Waals surface area contributed by atoms with Crippen molar-refractivity contribution in [3.63, 3.8) is 0 Å². The molecule has 0 spiro atoms. The van der Waals surface area contributed by atoms with E-state index in [4.69, 9.17) is 20.4 Å². The molecule has 0 aliphatic carbocycles. The summed E-state index contributed by atoms with van der Waals surface area (Å²) >= 11 is 0. The topological polar surface area (TPSA) is 274 Å². The molecule has 6 aromatic carbocycles. The molecule has 59 heavy (non-hydrogen) atoms. The van der Waals surface area contributed by atoms with Gasteiger partial charge in [0.1, 0.15) is 63.1 Å². The largest absolute Gasteiger partial charge is 0.508 e. The van der Waals surface area contributed by atoms with Crippen molar-refractivity contribution in [2.75, 3.05) is 0 Å². The molecule has 2 atom stereocenters. The lowest BCUT2D eigenvalue weighted by Gasteiger charge is -2.13. The van der Waals surface area contributed by atoms with Crippen molar-refractivity contribution in [1.82, 2.24) is 0 Å². The number of carboxylic acids is 1. The van der Waals surface area contributed by atoms with E-state index >= 15 is 0 Å². The number of carboxylic acid groups (broad SMARTS) is 1. The third kappa shape index (κ3) is 13.2. The molecule has 306 valence electrons. The van der Waals surface area contributed by atoms with Gasteiger partial charge in [0, 0.05) is 35.8 Å². The van der Waals surface area contributed by atoms with Crippen LogP contribution in [0.2, 0.25) is 0 Å². The van der Waals surface area contributed by atoms with Crippen molar-refractivity contribution in [2.24, 2.45) is 0 Å². The maximum Gasteiger partial charge on any atom is 0.310 e. The molecule has 6 rings (SSSR count). The standard InChI is InChI=1S/C15H14O5.C15H12O4.C9H10O3.C6H6O2/c1-8(9-2-4-10(16)5-3-9)15(20)14-12(18)6-11(17)7-13(14)19;1-9(10-2-4-11(16)5-3-10)15(19)13-7-6-12(17)8-14(13)18;1-6(9(11)12)7-2-4-8(10)5-3-7;7-5-2-1-3-6(8)4-5/h2-8,16-19H,1H3;2-8,16-18H,1H2;2-6,10H,1H3,(H,11,12);1-4,7-8H. The van der Waals surface area contributed by atoms with Gasteiger partial charge < -0.3 is 56.2 Å². The minimum Gasteiger partial charge on any atom is -0.508 e. The number of allylic oxidation sites excluding steroid dienone is 1. The predicted octanol–water partition coefficient (Wildman–Crippen LogP) is 7.87. The number of aliphatic carboxylic acids is 1. The van der Waals surface area contributed by atoms with Gasteiger partial charge in [-0.2, -0.15) is 0 Å². The van der Waals surface area contributed by atoms with Crippen molar-refractivity contribution in [3.8, 4) is 57.5 Å². The Hall–Kier alpha value is -8.13. The first-order valence-electron chi connectivity index (χ1n) is 17.4. The maximum absolute atomic E-state index is 12.3. The summed E-state index contributed by atoms with van der Waals surface area (Å²) in [6.45, 7) is 6.92. The van der Waals surface area contributed by atoms with E-state index in [1.165, 1.54) is 66.7 Å². The second-order valence-corrected chi connectivity index (χ2v) is 12.8. The number of hydrogen-bond acceptors (Lipinski definition) is 13. The summed E-state index contributed by atoms with van der Waals surface area (Å²) in [4.78, 5) is 35.0. The molecule has 0 saturated carbocycles. The average molecular weight is 807 g/mol. The van der Waals surface area contributed by atoms with Gasteiger partial charge in [-0.15, -0.1) is 0 Å². The summed E-state index contributed by atoms with van der Waals surface area (Å²) in [5.74, 6) is -4.11. The molecular weight excluding hydrogens is 764 g/mol. The van der Waals surface area contributed by atoms with E-state index in [2.05, 4.69) is 6.58 Å². The first kappa shape index (κ1) is 45.3. The molecule has 14 nitrogen and oxygen atoms in total. The third-order valence-corrected chi connectivity index (χ3v) is 8.42. The zero-order valence-corrected chi connectivity index (χ0v) is 31.6. The lowest BCUT2D eigenvalue weighted by molar-refractivity contribution is -0.138. The lowest BCUT2D eigenvalue weighted by Crippen LogP contribution is -2.10. The Bertz CT molecular complexity index is 2350. The fourth-order valence-electron chi connectivity index (χ4n) is 5.05. The molecule has 0 aliphatic heterocycles. The summed E-state index contributed by atoms with van der Waals surface area (Å²) in [7, 11) is 0. The van der Waals surface area contributed by atoms with E-state index in [0.717, 1.165) is 18.2 Å². The third-order valence-electron chi connectivity index (χ3n) is 8.42. The highest BCUT2D eigenvalue weighted by Gasteiger charge is 2.24. The maximum atomic E-state index is 12.3. The van der Waals surface area contributed by atoms with Crippen LogP contribution in [-0.2, 0) is 4.79 Å². The van der Waals surface area contributed by atoms with Gasteiger partial charge in [-0.25, -0.2) is 0 Å². The van der Waals surface area contributed by atoms with Crippen LogP contribution < -0.4 is 0 Å². The van der Waals surface area contributed by atoms with Crippen LogP contribution in [0.5, 0.6) is 57.5 Å². The Balaban J connectivity index is 0.000000221. The number of Topliss-reactive ketones (excluding diaryl/α,β-unsaturated/α-hetero) is 2. The van der Waals surface area contributed by atoms with Crippen molar-refractivity contribution < 1.29 is 70.6 Å². The van der Waals surface area contributed by atoms with Gasteiger partial charge in [0.25, 0.3) is 0 Å². The summed E-state index contributed by atoms with van der Waals surface area (Å²) in [6.07, 6.45) is 0. The highest BCUT2D eigenvalue weighted by atomic mass is 16.4. The number of rotatable bonds is 8. The summed E-state index contributed by atoms with van der Waals surface area (Å²) in [5, 5.41) is 101. The molecule has 2 unspecified atom stereocenters. The number of ketones is 2. The number of hydrogen-bond donors (Lipinski definition) is 11. The summed E-state index contributed by atoms with van der Waals surface area (Å²) in [6, 6.07) is 29.9. The Kier molecular flexibility index (Phi) is 15.9. The van der Waals surface area contributed by atoms with Crippen molar-refractivity contribution in [2.45, 2.75) is 25.7 Å². The fraction of sp³-hybridized carbons (Fsp3) is 0.0889. The first-order valence-corrected chi connectivity index (χ1v) is 17.4. The molecule has 0 radical (unpaired) electrons. The van der Waals surface area contributed by atoms with Crippen molar-refractivity contribution in [1.29, 1.82) is 0 Å². The zero-order valence-electron chi connectivity index (χ0n) is 31.6. The number of phenols is 10. The van der Waals surface area contributed by atoms with Crippen LogP contribution in [0.15, 0.2) is 134 Å². The van der Waals surface area contributed by atoms with Gasteiger partial charge in [-0.3, -0.25) is 14.4 Å². The molecule has 0 heterocycles. The van der Waals surface area contributed by atoms with Gasteiger partial charge in [0.05, 0.1) is 11.5 Å². The Morgan fingerprint density at radius 1 is 0.458 bits per heavy atom. The van der Waals surface area contributed by atoms with Gasteiger partial charge >= 0.3 is 5.97 Å². The van der Waals surface area contributed by atoms with Gasteiger partial charge in [-0.05, 0) is 84.3 Å². The van der Waals surface area contributed by atoms with E-state index in [9.17, 15) is 50.1 Å². The first-order chi connectivity index (χ1) is 27.8. The Morgan fingerprint density at radius 3 is 1.25 bits per heavy atom. The van der Waals surface area contributed by atoms with Crippen LogP contribution in [0.1, 0.15) is 63.1 Å². The molecule has 11 N–H and O–H groups in total. The van der Waals surface area contributed by atoms with Crippen LogP contribution >= 0.6 is 0 Å². The van der Waals surface area contributed by atoms with E-state index in [1.807, 2.05) is 0 Å². The van der Waals surface area contributed by atoms with Gasteiger partial charge in [-0.1, -0.05) is 56.0 Å². The summed E-state index contributed by atoms with van der Waals surface area (Å²) < 4.78 is 0. The number of carbonyl (C=O) groups excluding carboxylic acids is 2. The lowest BCUT2D eigenvalue weighted by atomic mass is 9.91. The van der Waals surface area contributed by atoms with Crippen LogP contribution in [0, 0.1) is 0 Å². The normalized spacial score (nSPS) is 11.1. The quantitative estimate of drug-likeness (QED) is 0.0516. The number of carbonyl (C=O) groups is 3. The second-order valence-electron chi connectivity index (χ2n) is 12.8. The Labute approximate surface area is 338 Å². The smallest absolute Gasteiger partial charge is 0.310 e. The van der Waals surface area contributed by atoms with E-state index < -0.39 is 40.9 Å². The average Bonchev–Trinajstić information content (AvgIpc) is 3.18. The van der Waals surface area contributed by atoms with E-state index in [-0.39, 0.29) is 62.7 Å². The molecule has 0 bridgehead atoms. The summed E-state index contributed by atoms with van der Waals surface area (Å²) in [5.41, 5.74) is 1.91. The van der Waals surface area contributed by atoms with Crippen LogP contribution in [0.25, 0.3) is 5.57 Å². The van der Waals surface area contributed by atoms with Crippen molar-refractivity contribution >= 4 is 23.1 Å². The minimum atomic E-state index is -0.860.